The molecule has 1 aromatic carbocycles. The first-order valence-electron chi connectivity index (χ1n) is 10.4. The van der Waals surface area contributed by atoms with Crippen LogP contribution >= 0.6 is 35.3 Å². The van der Waals surface area contributed by atoms with E-state index in [1.807, 2.05) is 12.1 Å². The van der Waals surface area contributed by atoms with Crippen LogP contribution in [0.4, 0.5) is 0 Å². The molecule has 0 atom stereocenters. The zero-order chi connectivity index (χ0) is 22.4. The van der Waals surface area contributed by atoms with Crippen molar-refractivity contribution in [2.45, 2.75) is 45.6 Å². The third-order valence-corrected chi connectivity index (χ3v) is 6.76. The van der Waals surface area contributed by atoms with Crippen molar-refractivity contribution in [3.63, 3.8) is 0 Å². The number of rotatable bonds is 10. The third kappa shape index (κ3) is 7.04. The lowest BCUT2D eigenvalue weighted by atomic mass is 9.98. The van der Waals surface area contributed by atoms with E-state index >= 15 is 0 Å². The number of fused-ring (bicyclic) bond motifs is 1. The molecule has 6 nitrogen and oxygen atoms in total. The van der Waals surface area contributed by atoms with Gasteiger partial charge in [0.05, 0.1) is 12.2 Å². The lowest BCUT2D eigenvalue weighted by molar-refractivity contribution is -0.143. The molecule has 2 heterocycles. The van der Waals surface area contributed by atoms with Gasteiger partial charge < -0.3 is 10.5 Å². The van der Waals surface area contributed by atoms with Gasteiger partial charge in [-0.2, -0.15) is 0 Å². The first-order chi connectivity index (χ1) is 14.9. The fourth-order valence-electron chi connectivity index (χ4n) is 3.87. The lowest BCUT2D eigenvalue weighted by Gasteiger charge is -2.26. The van der Waals surface area contributed by atoms with Crippen LogP contribution in [0.15, 0.2) is 24.3 Å². The topological polar surface area (TPSA) is 89.7 Å². The van der Waals surface area contributed by atoms with Crippen LogP contribution in [0.5, 0.6) is 0 Å². The molecule has 1 aliphatic rings. The van der Waals surface area contributed by atoms with Gasteiger partial charge in [-0.1, -0.05) is 23.7 Å². The summed E-state index contributed by atoms with van der Waals surface area (Å²) in [6.45, 7) is 4.48. The van der Waals surface area contributed by atoms with Crippen LogP contribution in [0.3, 0.4) is 0 Å². The number of carbonyl (C=O) groups excluding carboxylic acids is 3. The number of nitrogens with two attached hydrogens (primary N) is 1. The van der Waals surface area contributed by atoms with Crippen molar-refractivity contribution in [2.75, 3.05) is 19.7 Å². The maximum absolute atomic E-state index is 12.6. The first-order valence-corrected chi connectivity index (χ1v) is 11.6. The van der Waals surface area contributed by atoms with Crippen molar-refractivity contribution >= 4 is 53.0 Å². The van der Waals surface area contributed by atoms with Gasteiger partial charge in [0.15, 0.2) is 0 Å². The Balaban J connectivity index is 0.00000363. The Bertz CT molecular complexity index is 960. The summed E-state index contributed by atoms with van der Waals surface area (Å²) in [7, 11) is 0. The minimum atomic E-state index is -0.470. The highest BCUT2D eigenvalue weighted by Crippen LogP contribution is 2.34. The van der Waals surface area contributed by atoms with E-state index in [9.17, 15) is 14.4 Å². The van der Waals surface area contributed by atoms with Gasteiger partial charge in [0.25, 0.3) is 0 Å². The Kier molecular flexibility index (Phi) is 10.2. The molecule has 1 amide bonds. The molecule has 0 bridgehead atoms. The number of amides is 1. The van der Waals surface area contributed by atoms with Crippen LogP contribution in [0.25, 0.3) is 0 Å². The van der Waals surface area contributed by atoms with Gasteiger partial charge >= 0.3 is 5.97 Å². The number of ether oxygens (including phenoxy) is 1. The van der Waals surface area contributed by atoms with Gasteiger partial charge in [0.2, 0.25) is 5.91 Å². The van der Waals surface area contributed by atoms with Gasteiger partial charge in [0, 0.05) is 47.1 Å². The van der Waals surface area contributed by atoms with E-state index in [4.69, 9.17) is 22.1 Å². The van der Waals surface area contributed by atoms with Crippen LogP contribution < -0.4 is 5.73 Å². The van der Waals surface area contributed by atoms with Crippen LogP contribution in [0.1, 0.15) is 51.0 Å². The van der Waals surface area contributed by atoms with Gasteiger partial charge in [0.1, 0.15) is 5.78 Å². The smallest absolute Gasteiger partial charge is 0.305 e. The number of hydrogen-bond acceptors (Lipinski definition) is 6. The molecule has 0 unspecified atom stereocenters. The normalized spacial score (nSPS) is 13.2. The van der Waals surface area contributed by atoms with Gasteiger partial charge in [-0.3, -0.25) is 19.3 Å². The van der Waals surface area contributed by atoms with Crippen LogP contribution in [0.2, 0.25) is 5.02 Å². The number of thiophene rings is 1. The number of Topliss-reactive ketones (excluding diaryl/α,β-unsaturated/α-hetero) is 1. The van der Waals surface area contributed by atoms with E-state index in [2.05, 4.69) is 4.90 Å². The number of carbonyl (C=O) groups is 3. The molecule has 2 aromatic rings. The Hall–Kier alpha value is -1.93. The quantitative estimate of drug-likeness (QED) is 0.500. The molecular formula is C23H28Cl2N2O4S. The predicted molar refractivity (Wildman–Crippen MR) is 129 cm³/mol. The second kappa shape index (κ2) is 12.3. The standard InChI is InChI=1S/C23H27ClN2O4S.ClH/c1-2-30-21(28)4-3-10-26-11-9-18-20(14-26)31-19(22(18)23(25)29)13-17(27)12-15-5-7-16(24)8-6-15;/h5-8H,2-4,9-14H2,1H3,(H2,25,29);1H. The average Bonchev–Trinajstić information content (AvgIpc) is 3.07. The van der Waals surface area contributed by atoms with Crippen molar-refractivity contribution in [1.29, 1.82) is 0 Å². The minimum Gasteiger partial charge on any atom is -0.466 e. The minimum absolute atomic E-state index is 0. The van der Waals surface area contributed by atoms with E-state index in [-0.39, 0.29) is 37.0 Å². The summed E-state index contributed by atoms with van der Waals surface area (Å²) >= 11 is 7.41. The monoisotopic (exact) mass is 498 g/mol. The number of primary amides is 1. The van der Waals surface area contributed by atoms with Crippen molar-refractivity contribution in [3.8, 4) is 0 Å². The molecule has 0 aliphatic carbocycles. The average molecular weight is 499 g/mol. The summed E-state index contributed by atoms with van der Waals surface area (Å²) < 4.78 is 4.97. The molecule has 3 rings (SSSR count). The van der Waals surface area contributed by atoms with Crippen LogP contribution in [-0.2, 0) is 40.1 Å². The maximum Gasteiger partial charge on any atom is 0.305 e. The molecule has 174 valence electrons. The highest BCUT2D eigenvalue weighted by Gasteiger charge is 2.27. The largest absolute Gasteiger partial charge is 0.466 e. The second-order valence-corrected chi connectivity index (χ2v) is 9.25. The van der Waals surface area contributed by atoms with E-state index in [1.54, 1.807) is 19.1 Å². The van der Waals surface area contributed by atoms with Crippen LogP contribution in [0, 0.1) is 0 Å². The highest BCUT2D eigenvalue weighted by molar-refractivity contribution is 7.12. The Morgan fingerprint density at radius 1 is 1.19 bits per heavy atom. The molecule has 0 fully saturated rings. The Morgan fingerprint density at radius 2 is 1.91 bits per heavy atom. The number of hydrogen-bond donors (Lipinski definition) is 1. The molecule has 0 saturated heterocycles. The molecule has 0 saturated carbocycles. The number of nitrogens with zero attached hydrogens (tertiary/aromatic N) is 1. The Morgan fingerprint density at radius 3 is 2.56 bits per heavy atom. The fraction of sp³-hybridized carbons (Fsp3) is 0.435. The summed E-state index contributed by atoms with van der Waals surface area (Å²) in [6, 6.07) is 7.20. The zero-order valence-corrected chi connectivity index (χ0v) is 20.4. The predicted octanol–water partition coefficient (Wildman–Crippen LogP) is 3.98. The SMILES string of the molecule is CCOC(=O)CCCN1CCc2c(sc(CC(=O)Cc3ccc(Cl)cc3)c2C(N)=O)C1.Cl. The van der Waals surface area contributed by atoms with E-state index in [0.29, 0.717) is 30.2 Å². The first kappa shape index (κ1) is 26.3. The second-order valence-electron chi connectivity index (χ2n) is 7.62. The highest BCUT2D eigenvalue weighted by atomic mass is 35.5. The third-order valence-electron chi connectivity index (χ3n) is 5.29. The maximum atomic E-state index is 12.6. The van der Waals surface area contributed by atoms with Gasteiger partial charge in [-0.15, -0.1) is 23.7 Å². The molecule has 0 radical (unpaired) electrons. The summed E-state index contributed by atoms with van der Waals surface area (Å²) in [6.07, 6.45) is 2.33. The number of ketones is 1. The van der Waals surface area contributed by atoms with Gasteiger partial charge in [-0.25, -0.2) is 0 Å². The molecule has 9 heteroatoms. The number of benzene rings is 1. The summed E-state index contributed by atoms with van der Waals surface area (Å²) in [5.41, 5.74) is 8.08. The molecular weight excluding hydrogens is 471 g/mol. The summed E-state index contributed by atoms with van der Waals surface area (Å²) in [4.78, 5) is 40.4. The van der Waals surface area contributed by atoms with E-state index in [1.165, 1.54) is 11.3 Å². The molecule has 0 spiro atoms. The number of halogens is 2. The van der Waals surface area contributed by atoms with Crippen molar-refractivity contribution in [1.82, 2.24) is 4.90 Å². The number of esters is 1. The van der Waals surface area contributed by atoms with Crippen LogP contribution in [-0.4, -0.2) is 42.3 Å². The zero-order valence-electron chi connectivity index (χ0n) is 18.0. The lowest BCUT2D eigenvalue weighted by Crippen LogP contribution is -2.31. The van der Waals surface area contributed by atoms with Crippen molar-refractivity contribution in [3.05, 3.63) is 55.7 Å². The van der Waals surface area contributed by atoms with E-state index in [0.717, 1.165) is 46.8 Å². The van der Waals surface area contributed by atoms with E-state index < -0.39 is 5.91 Å². The molecule has 1 aliphatic heterocycles. The molecule has 2 N–H and O–H groups in total. The fourth-order valence-corrected chi connectivity index (χ4v) is 5.42. The summed E-state index contributed by atoms with van der Waals surface area (Å²) in [5, 5.41) is 0.630. The summed E-state index contributed by atoms with van der Waals surface area (Å²) in [5.74, 6) is -0.605. The molecule has 1 aromatic heterocycles. The van der Waals surface area contributed by atoms with Crippen molar-refractivity contribution in [2.24, 2.45) is 5.73 Å². The van der Waals surface area contributed by atoms with Crippen molar-refractivity contribution < 1.29 is 19.1 Å². The Labute approximate surface area is 203 Å². The van der Waals surface area contributed by atoms with Gasteiger partial charge in [-0.05, 0) is 49.6 Å². The molecule has 32 heavy (non-hydrogen) atoms.